The predicted molar refractivity (Wildman–Crippen MR) is 82.0 cm³/mol. The van der Waals surface area contributed by atoms with Gasteiger partial charge in [-0.05, 0) is 6.07 Å². The molecule has 3 aromatic heterocycles. The third-order valence-electron chi connectivity index (χ3n) is 3.30. The van der Waals surface area contributed by atoms with E-state index >= 15 is 0 Å². The molecule has 9 heteroatoms. The van der Waals surface area contributed by atoms with Crippen molar-refractivity contribution in [3.8, 4) is 11.6 Å². The normalized spacial score (nSPS) is 10.5. The van der Waals surface area contributed by atoms with Crippen molar-refractivity contribution in [2.24, 2.45) is 5.73 Å². The average Bonchev–Trinajstić information content (AvgIpc) is 3.05. The van der Waals surface area contributed by atoms with Gasteiger partial charge in [0.15, 0.2) is 12.0 Å². The maximum absolute atomic E-state index is 11.2. The lowest BCUT2D eigenvalue weighted by Crippen LogP contribution is -2.11. The lowest BCUT2D eigenvalue weighted by atomic mass is 10.2. The number of nitrogens with zero attached hydrogens (tertiary/aromatic N) is 4. The van der Waals surface area contributed by atoms with Crippen LogP contribution in [-0.4, -0.2) is 38.9 Å². The first-order chi connectivity index (χ1) is 11.6. The Labute approximate surface area is 136 Å². The first-order valence-corrected chi connectivity index (χ1v) is 6.87. The zero-order chi connectivity index (χ0) is 17.1. The van der Waals surface area contributed by atoms with Crippen LogP contribution in [0.3, 0.4) is 0 Å². The molecule has 3 rings (SSSR count). The second-order valence-electron chi connectivity index (χ2n) is 4.77. The fourth-order valence-corrected chi connectivity index (χ4v) is 2.12. The monoisotopic (exact) mass is 327 g/mol. The van der Waals surface area contributed by atoms with Crippen LogP contribution in [0.4, 0.5) is 0 Å². The second-order valence-corrected chi connectivity index (χ2v) is 4.77. The molecule has 0 aliphatic carbocycles. The van der Waals surface area contributed by atoms with Gasteiger partial charge < -0.3 is 15.2 Å². The van der Waals surface area contributed by atoms with Crippen LogP contribution in [0.2, 0.25) is 0 Å². The van der Waals surface area contributed by atoms with Crippen molar-refractivity contribution in [3.05, 3.63) is 47.7 Å². The Morgan fingerprint density at radius 3 is 2.92 bits per heavy atom. The molecule has 0 bridgehead atoms. The number of rotatable bonds is 6. The van der Waals surface area contributed by atoms with Crippen LogP contribution >= 0.6 is 0 Å². The number of carbonyl (C=O) groups is 2. The summed E-state index contributed by atoms with van der Waals surface area (Å²) in [5.41, 5.74) is 6.78. The fourth-order valence-electron chi connectivity index (χ4n) is 2.12. The number of methoxy groups -OCH3 is 1. The molecule has 0 unspecified atom stereocenters. The van der Waals surface area contributed by atoms with Crippen LogP contribution in [0, 0.1) is 0 Å². The van der Waals surface area contributed by atoms with E-state index in [1.54, 1.807) is 6.20 Å². The van der Waals surface area contributed by atoms with Gasteiger partial charge in [0.2, 0.25) is 5.88 Å². The minimum atomic E-state index is -0.631. The van der Waals surface area contributed by atoms with Crippen LogP contribution < -0.4 is 15.2 Å². The van der Waals surface area contributed by atoms with E-state index in [0.29, 0.717) is 34.7 Å². The number of primary amides is 1. The van der Waals surface area contributed by atoms with E-state index in [0.717, 1.165) is 0 Å². The van der Waals surface area contributed by atoms with Gasteiger partial charge in [-0.3, -0.25) is 14.6 Å². The second kappa shape index (κ2) is 6.32. The molecule has 0 saturated heterocycles. The molecule has 0 atom stereocenters. The molecule has 0 saturated carbocycles. The van der Waals surface area contributed by atoms with Crippen molar-refractivity contribution >= 4 is 17.7 Å². The zero-order valence-corrected chi connectivity index (χ0v) is 12.7. The molecule has 0 aromatic carbocycles. The number of pyridine rings is 1. The lowest BCUT2D eigenvalue weighted by Gasteiger charge is -2.09. The first kappa shape index (κ1) is 15.4. The average molecular weight is 327 g/mol. The number of hydrogen-bond acceptors (Lipinski definition) is 7. The highest BCUT2D eigenvalue weighted by molar-refractivity contribution is 5.92. The molecule has 122 valence electrons. The van der Waals surface area contributed by atoms with Gasteiger partial charge in [0.1, 0.15) is 18.1 Å². The topological polar surface area (TPSA) is 122 Å². The summed E-state index contributed by atoms with van der Waals surface area (Å²) in [6.07, 6.45) is 5.17. The van der Waals surface area contributed by atoms with Gasteiger partial charge in [-0.25, -0.2) is 9.50 Å². The molecule has 2 N–H and O–H groups in total. The summed E-state index contributed by atoms with van der Waals surface area (Å²) in [5, 5.41) is 4.05. The van der Waals surface area contributed by atoms with E-state index in [4.69, 9.17) is 15.2 Å². The molecule has 3 heterocycles. The van der Waals surface area contributed by atoms with Crippen LogP contribution in [0.15, 0.2) is 30.7 Å². The fraction of sp³-hybridized carbons (Fsp3) is 0.133. The molecule has 0 radical (unpaired) electrons. The molecule has 3 aromatic rings. The Hall–Kier alpha value is -3.49. The Bertz CT molecular complexity index is 921. The Balaban J connectivity index is 1.88. The Morgan fingerprint density at radius 2 is 2.21 bits per heavy atom. The van der Waals surface area contributed by atoms with E-state index in [-0.39, 0.29) is 12.3 Å². The van der Waals surface area contributed by atoms with Gasteiger partial charge >= 0.3 is 0 Å². The van der Waals surface area contributed by atoms with Crippen molar-refractivity contribution in [1.82, 2.24) is 19.6 Å². The number of carbonyl (C=O) groups excluding carboxylic acids is 2. The number of aromatic nitrogens is 4. The Morgan fingerprint density at radius 1 is 1.38 bits per heavy atom. The lowest BCUT2D eigenvalue weighted by molar-refractivity contribution is 0.0994. The number of ether oxygens (including phenoxy) is 2. The van der Waals surface area contributed by atoms with Gasteiger partial charge in [0.05, 0.1) is 24.4 Å². The van der Waals surface area contributed by atoms with E-state index in [9.17, 15) is 9.59 Å². The molecular weight excluding hydrogens is 314 g/mol. The molecule has 0 spiro atoms. The maximum atomic E-state index is 11.2. The maximum Gasteiger partial charge on any atom is 0.269 e. The van der Waals surface area contributed by atoms with Crippen molar-refractivity contribution in [1.29, 1.82) is 0 Å². The smallest absolute Gasteiger partial charge is 0.269 e. The summed E-state index contributed by atoms with van der Waals surface area (Å²) >= 11 is 0. The van der Waals surface area contributed by atoms with E-state index in [1.807, 2.05) is 0 Å². The van der Waals surface area contributed by atoms with E-state index in [1.165, 1.54) is 36.2 Å². The summed E-state index contributed by atoms with van der Waals surface area (Å²) in [6, 6.07) is 3.00. The number of nitrogens with two attached hydrogens (primary N) is 1. The number of hydrogen-bond donors (Lipinski definition) is 1. The van der Waals surface area contributed by atoms with Crippen molar-refractivity contribution in [3.63, 3.8) is 0 Å². The molecule has 24 heavy (non-hydrogen) atoms. The standard InChI is InChI=1S/C15H13N5O4/c1-23-14-4-9(7-21)13(6-18-14)24-8-11-12-5-10(15(16)22)19-20(12)3-2-17-11/h2-7H,8H2,1H3,(H2,16,22). The molecule has 0 fully saturated rings. The largest absolute Gasteiger partial charge is 0.485 e. The highest BCUT2D eigenvalue weighted by Crippen LogP contribution is 2.21. The van der Waals surface area contributed by atoms with E-state index in [2.05, 4.69) is 15.1 Å². The summed E-state index contributed by atoms with van der Waals surface area (Å²) in [6.45, 7) is 0.0586. The minimum Gasteiger partial charge on any atom is -0.485 e. The summed E-state index contributed by atoms with van der Waals surface area (Å²) in [4.78, 5) is 30.6. The highest BCUT2D eigenvalue weighted by atomic mass is 16.5. The highest BCUT2D eigenvalue weighted by Gasteiger charge is 2.12. The third-order valence-corrected chi connectivity index (χ3v) is 3.30. The van der Waals surface area contributed by atoms with Crippen LogP contribution in [0.25, 0.3) is 5.52 Å². The van der Waals surface area contributed by atoms with Gasteiger partial charge in [-0.2, -0.15) is 5.10 Å². The van der Waals surface area contributed by atoms with Crippen LogP contribution in [-0.2, 0) is 6.61 Å². The number of amides is 1. The van der Waals surface area contributed by atoms with Gasteiger partial charge in [-0.15, -0.1) is 0 Å². The zero-order valence-electron chi connectivity index (χ0n) is 12.7. The van der Waals surface area contributed by atoms with E-state index < -0.39 is 5.91 Å². The first-order valence-electron chi connectivity index (χ1n) is 6.87. The predicted octanol–water partition coefficient (Wildman–Crippen LogP) is 0.623. The van der Waals surface area contributed by atoms with Gasteiger partial charge in [0.25, 0.3) is 5.91 Å². The van der Waals surface area contributed by atoms with Crippen molar-refractivity contribution in [2.75, 3.05) is 7.11 Å². The summed E-state index contributed by atoms with van der Waals surface area (Å²) in [7, 11) is 1.46. The third kappa shape index (κ3) is 2.86. The molecule has 0 aliphatic heterocycles. The molecule has 9 nitrogen and oxygen atoms in total. The molecule has 0 aliphatic rings. The minimum absolute atomic E-state index is 0.0586. The number of aldehydes is 1. The van der Waals surface area contributed by atoms with Gasteiger partial charge in [0, 0.05) is 18.5 Å². The summed E-state index contributed by atoms with van der Waals surface area (Å²) < 4.78 is 12.1. The summed E-state index contributed by atoms with van der Waals surface area (Å²) in [5.74, 6) is -0.0241. The Kier molecular flexibility index (Phi) is 4.06. The van der Waals surface area contributed by atoms with Crippen molar-refractivity contribution < 1.29 is 19.1 Å². The van der Waals surface area contributed by atoms with Crippen LogP contribution in [0.5, 0.6) is 11.6 Å². The van der Waals surface area contributed by atoms with Gasteiger partial charge in [-0.1, -0.05) is 0 Å². The number of fused-ring (bicyclic) bond motifs is 1. The quantitative estimate of drug-likeness (QED) is 0.659. The van der Waals surface area contributed by atoms with Crippen molar-refractivity contribution in [2.45, 2.75) is 6.61 Å². The molecular formula is C15H13N5O4. The molecule has 1 amide bonds. The SMILES string of the molecule is COc1cc(C=O)c(OCc2nccn3nc(C(N)=O)cc23)cn1. The van der Waals surface area contributed by atoms with Crippen LogP contribution in [0.1, 0.15) is 26.5 Å².